The van der Waals surface area contributed by atoms with Gasteiger partial charge in [-0.05, 0) is 50.1 Å². The molecule has 0 aromatic heterocycles. The molecule has 2 atom stereocenters. The second kappa shape index (κ2) is 7.74. The lowest BCUT2D eigenvalue weighted by atomic mass is 9.90. The summed E-state index contributed by atoms with van der Waals surface area (Å²) in [5, 5.41) is 0. The number of esters is 1. The zero-order valence-corrected chi connectivity index (χ0v) is 15.8. The van der Waals surface area contributed by atoms with E-state index in [1.54, 1.807) is 38.1 Å². The number of hydrogen-bond donors (Lipinski definition) is 0. The van der Waals surface area contributed by atoms with Gasteiger partial charge in [-0.2, -0.15) is 0 Å². The van der Waals surface area contributed by atoms with Crippen molar-refractivity contribution in [2.24, 2.45) is 11.8 Å². The number of ether oxygens (including phenoxy) is 1. The molecule has 27 heavy (non-hydrogen) atoms. The maximum Gasteiger partial charge on any atom is 0.338 e. The molecule has 2 aromatic carbocycles. The van der Waals surface area contributed by atoms with Crippen LogP contribution >= 0.6 is 0 Å². The molecular formula is C22H23NO4. The van der Waals surface area contributed by atoms with Crippen molar-refractivity contribution in [2.75, 3.05) is 11.5 Å². The van der Waals surface area contributed by atoms with Gasteiger partial charge < -0.3 is 4.74 Å². The molecule has 2 amide bonds. The predicted octanol–water partition coefficient (Wildman–Crippen LogP) is 3.54. The normalized spacial score (nSPS) is 19.4. The van der Waals surface area contributed by atoms with Gasteiger partial charge in [0.15, 0.2) is 0 Å². The fourth-order valence-corrected chi connectivity index (χ4v) is 3.44. The molecule has 0 N–H and O–H groups in total. The molecule has 1 heterocycles. The zero-order valence-electron chi connectivity index (χ0n) is 15.8. The Hall–Kier alpha value is -2.95. The van der Waals surface area contributed by atoms with Crippen LogP contribution in [0, 0.1) is 18.8 Å². The van der Waals surface area contributed by atoms with Crippen LogP contribution in [-0.4, -0.2) is 24.4 Å². The molecule has 5 heteroatoms. The van der Waals surface area contributed by atoms with Crippen LogP contribution in [0.1, 0.15) is 35.3 Å². The van der Waals surface area contributed by atoms with Gasteiger partial charge in [-0.15, -0.1) is 0 Å². The van der Waals surface area contributed by atoms with E-state index in [-0.39, 0.29) is 23.7 Å². The molecule has 0 spiro atoms. The Morgan fingerprint density at radius 1 is 1.07 bits per heavy atom. The molecule has 0 radical (unpaired) electrons. The van der Waals surface area contributed by atoms with Crippen LogP contribution in [-0.2, 0) is 20.7 Å². The summed E-state index contributed by atoms with van der Waals surface area (Å²) in [7, 11) is 0. The van der Waals surface area contributed by atoms with Gasteiger partial charge in [0.05, 0.1) is 23.8 Å². The lowest BCUT2D eigenvalue weighted by molar-refractivity contribution is -0.122. The molecule has 1 saturated heterocycles. The highest BCUT2D eigenvalue weighted by atomic mass is 16.5. The molecule has 1 aliphatic heterocycles. The van der Waals surface area contributed by atoms with Crippen LogP contribution in [0.15, 0.2) is 48.5 Å². The molecule has 0 bridgehead atoms. The lowest BCUT2D eigenvalue weighted by Crippen LogP contribution is -2.31. The molecule has 2 aromatic rings. The van der Waals surface area contributed by atoms with Crippen molar-refractivity contribution < 1.29 is 19.1 Å². The van der Waals surface area contributed by atoms with Crippen molar-refractivity contribution in [3.63, 3.8) is 0 Å². The van der Waals surface area contributed by atoms with Gasteiger partial charge in [-0.3, -0.25) is 14.5 Å². The molecule has 1 aliphatic rings. The Bertz CT molecular complexity index is 872. The highest BCUT2D eigenvalue weighted by Gasteiger charge is 2.45. The minimum Gasteiger partial charge on any atom is -0.462 e. The third kappa shape index (κ3) is 3.77. The Kier molecular flexibility index (Phi) is 5.40. The predicted molar refractivity (Wildman–Crippen MR) is 102 cm³/mol. The molecule has 3 rings (SSSR count). The summed E-state index contributed by atoms with van der Waals surface area (Å²) in [6.45, 7) is 5.84. The van der Waals surface area contributed by atoms with Crippen molar-refractivity contribution in [3.8, 4) is 0 Å². The van der Waals surface area contributed by atoms with Gasteiger partial charge in [0.2, 0.25) is 11.8 Å². The molecule has 0 unspecified atom stereocenters. The fraction of sp³-hybridized carbons (Fsp3) is 0.318. The van der Waals surface area contributed by atoms with E-state index < -0.39 is 5.97 Å². The van der Waals surface area contributed by atoms with Gasteiger partial charge in [0.1, 0.15) is 0 Å². The Labute approximate surface area is 158 Å². The smallest absolute Gasteiger partial charge is 0.338 e. The largest absolute Gasteiger partial charge is 0.462 e. The van der Waals surface area contributed by atoms with E-state index in [0.29, 0.717) is 24.3 Å². The summed E-state index contributed by atoms with van der Waals surface area (Å²) in [4.78, 5) is 38.7. The standard InChI is InChI=1S/C22H23NO4/c1-4-27-22(26)17-8-10-18(11-9-17)23-20(24)15(3)19(21(23)25)13-16-7-5-6-14(2)12-16/h5-12,15,19H,4,13H2,1-3H3/t15-,19+/m0/s1. The summed E-state index contributed by atoms with van der Waals surface area (Å²) in [5.41, 5.74) is 3.05. The number of anilines is 1. The summed E-state index contributed by atoms with van der Waals surface area (Å²) in [5.74, 6) is -1.60. The fourth-order valence-electron chi connectivity index (χ4n) is 3.44. The molecule has 0 aliphatic carbocycles. The van der Waals surface area contributed by atoms with E-state index in [0.717, 1.165) is 11.1 Å². The van der Waals surface area contributed by atoms with E-state index in [9.17, 15) is 14.4 Å². The number of carbonyl (C=O) groups excluding carboxylic acids is 3. The average molecular weight is 365 g/mol. The molecule has 140 valence electrons. The van der Waals surface area contributed by atoms with Gasteiger partial charge in [0, 0.05) is 5.92 Å². The first-order valence-electron chi connectivity index (χ1n) is 9.13. The number of hydrogen-bond acceptors (Lipinski definition) is 4. The van der Waals surface area contributed by atoms with E-state index in [2.05, 4.69) is 0 Å². The highest BCUT2D eigenvalue weighted by Crippen LogP contribution is 2.33. The van der Waals surface area contributed by atoms with Gasteiger partial charge >= 0.3 is 5.97 Å². The van der Waals surface area contributed by atoms with Crippen LogP contribution < -0.4 is 4.90 Å². The van der Waals surface area contributed by atoms with Crippen LogP contribution in [0.5, 0.6) is 0 Å². The summed E-state index contributed by atoms with van der Waals surface area (Å²) < 4.78 is 4.96. The van der Waals surface area contributed by atoms with E-state index >= 15 is 0 Å². The van der Waals surface area contributed by atoms with E-state index in [4.69, 9.17) is 4.74 Å². The van der Waals surface area contributed by atoms with Crippen molar-refractivity contribution in [1.82, 2.24) is 0 Å². The first-order chi connectivity index (χ1) is 12.9. The summed E-state index contributed by atoms with van der Waals surface area (Å²) in [6, 6.07) is 14.4. The highest BCUT2D eigenvalue weighted by molar-refractivity contribution is 6.22. The lowest BCUT2D eigenvalue weighted by Gasteiger charge is -2.15. The first kappa shape index (κ1) is 18.8. The maximum absolute atomic E-state index is 13.0. The second-order valence-corrected chi connectivity index (χ2v) is 6.87. The molecular weight excluding hydrogens is 342 g/mol. The van der Waals surface area contributed by atoms with Crippen LogP contribution in [0.4, 0.5) is 5.69 Å². The topological polar surface area (TPSA) is 63.7 Å². The first-order valence-corrected chi connectivity index (χ1v) is 9.13. The number of rotatable bonds is 5. The van der Waals surface area contributed by atoms with Crippen LogP contribution in [0.3, 0.4) is 0 Å². The Morgan fingerprint density at radius 3 is 2.41 bits per heavy atom. The third-order valence-electron chi connectivity index (χ3n) is 4.93. The zero-order chi connectivity index (χ0) is 19.6. The van der Waals surface area contributed by atoms with Crippen molar-refractivity contribution in [2.45, 2.75) is 27.2 Å². The maximum atomic E-state index is 13.0. The minimum atomic E-state index is -0.422. The minimum absolute atomic E-state index is 0.196. The van der Waals surface area contributed by atoms with Gasteiger partial charge in [-0.1, -0.05) is 36.8 Å². The number of benzene rings is 2. The number of nitrogens with zero attached hydrogens (tertiary/aromatic N) is 1. The summed E-state index contributed by atoms with van der Waals surface area (Å²) >= 11 is 0. The monoisotopic (exact) mass is 365 g/mol. The van der Waals surface area contributed by atoms with Crippen LogP contribution in [0.25, 0.3) is 0 Å². The van der Waals surface area contributed by atoms with Crippen molar-refractivity contribution >= 4 is 23.5 Å². The SMILES string of the molecule is CCOC(=O)c1ccc(N2C(=O)[C@@H](C)[C@@H](Cc3cccc(C)c3)C2=O)cc1. The van der Waals surface area contributed by atoms with E-state index in [1.165, 1.54) is 4.90 Å². The summed E-state index contributed by atoms with van der Waals surface area (Å²) in [6.07, 6.45) is 0.533. The third-order valence-corrected chi connectivity index (χ3v) is 4.93. The molecule has 0 saturated carbocycles. The Morgan fingerprint density at radius 2 is 1.78 bits per heavy atom. The van der Waals surface area contributed by atoms with Gasteiger partial charge in [-0.25, -0.2) is 4.79 Å². The number of amides is 2. The Balaban J connectivity index is 1.81. The quantitative estimate of drug-likeness (QED) is 0.601. The van der Waals surface area contributed by atoms with E-state index in [1.807, 2.05) is 31.2 Å². The second-order valence-electron chi connectivity index (χ2n) is 6.87. The number of carbonyl (C=O) groups is 3. The number of aryl methyl sites for hydroxylation is 1. The van der Waals surface area contributed by atoms with Crippen LogP contribution in [0.2, 0.25) is 0 Å². The van der Waals surface area contributed by atoms with Gasteiger partial charge in [0.25, 0.3) is 0 Å². The van der Waals surface area contributed by atoms with Crippen molar-refractivity contribution in [3.05, 3.63) is 65.2 Å². The van der Waals surface area contributed by atoms with Crippen molar-refractivity contribution in [1.29, 1.82) is 0 Å². The molecule has 5 nitrogen and oxygen atoms in total. The average Bonchev–Trinajstić information content (AvgIpc) is 2.86. The number of imide groups is 1. The molecule has 1 fully saturated rings.